The van der Waals surface area contributed by atoms with Gasteiger partial charge in [0.1, 0.15) is 12.4 Å². The van der Waals surface area contributed by atoms with Crippen LogP contribution < -0.4 is 20.1 Å². The SMILES string of the molecule is COc1cc(CNc2ccc(NC(C)=O)cc2)ccc1OCc1c(F)cccc1Cl. The lowest BCUT2D eigenvalue weighted by Crippen LogP contribution is -2.06. The summed E-state index contributed by atoms with van der Waals surface area (Å²) in [7, 11) is 1.55. The molecule has 0 unspecified atom stereocenters. The monoisotopic (exact) mass is 428 g/mol. The van der Waals surface area contributed by atoms with Gasteiger partial charge in [0.2, 0.25) is 5.91 Å². The summed E-state index contributed by atoms with van der Waals surface area (Å²) >= 11 is 6.05. The number of benzene rings is 3. The van der Waals surface area contributed by atoms with Gasteiger partial charge in [-0.15, -0.1) is 0 Å². The summed E-state index contributed by atoms with van der Waals surface area (Å²) in [6.07, 6.45) is 0. The van der Waals surface area contributed by atoms with Crippen molar-refractivity contribution >= 4 is 28.9 Å². The number of hydrogen-bond acceptors (Lipinski definition) is 4. The van der Waals surface area contributed by atoms with Gasteiger partial charge in [0, 0.05) is 30.4 Å². The van der Waals surface area contributed by atoms with Gasteiger partial charge in [-0.3, -0.25) is 4.79 Å². The predicted molar refractivity (Wildman–Crippen MR) is 117 cm³/mol. The first-order valence-corrected chi connectivity index (χ1v) is 9.68. The van der Waals surface area contributed by atoms with Crippen molar-refractivity contribution in [2.75, 3.05) is 17.7 Å². The molecule has 0 aliphatic rings. The van der Waals surface area contributed by atoms with Gasteiger partial charge in [0.15, 0.2) is 11.5 Å². The maximum Gasteiger partial charge on any atom is 0.221 e. The molecular formula is C23H22ClFN2O3. The fourth-order valence-corrected chi connectivity index (χ4v) is 3.06. The van der Waals surface area contributed by atoms with Crippen LogP contribution in [0.5, 0.6) is 11.5 Å². The molecule has 0 aliphatic carbocycles. The standard InChI is InChI=1S/C23H22ClFN2O3/c1-15(28)27-18-9-7-17(8-10-18)26-13-16-6-11-22(23(12-16)29-2)30-14-19-20(24)4-3-5-21(19)25/h3-12,26H,13-14H2,1-2H3,(H,27,28). The van der Waals surface area contributed by atoms with Crippen LogP contribution in [0.4, 0.5) is 15.8 Å². The highest BCUT2D eigenvalue weighted by Gasteiger charge is 2.11. The third kappa shape index (κ3) is 5.64. The molecule has 3 rings (SSSR count). The molecule has 0 radical (unpaired) electrons. The lowest BCUT2D eigenvalue weighted by molar-refractivity contribution is -0.114. The van der Waals surface area contributed by atoms with Crippen molar-refractivity contribution in [3.63, 3.8) is 0 Å². The molecular weight excluding hydrogens is 407 g/mol. The molecule has 0 heterocycles. The van der Waals surface area contributed by atoms with Crippen LogP contribution in [0.15, 0.2) is 60.7 Å². The van der Waals surface area contributed by atoms with E-state index in [-0.39, 0.29) is 12.5 Å². The average Bonchev–Trinajstić information content (AvgIpc) is 2.73. The summed E-state index contributed by atoms with van der Waals surface area (Å²) in [5, 5.41) is 6.36. The van der Waals surface area contributed by atoms with Crippen molar-refractivity contribution in [2.45, 2.75) is 20.1 Å². The molecule has 156 valence electrons. The lowest BCUT2D eigenvalue weighted by Gasteiger charge is -2.14. The third-order valence-electron chi connectivity index (χ3n) is 4.36. The summed E-state index contributed by atoms with van der Waals surface area (Å²) in [5.41, 5.74) is 2.94. The van der Waals surface area contributed by atoms with Gasteiger partial charge in [-0.1, -0.05) is 23.7 Å². The van der Waals surface area contributed by atoms with Gasteiger partial charge in [-0.05, 0) is 54.1 Å². The Balaban J connectivity index is 1.63. The highest BCUT2D eigenvalue weighted by Crippen LogP contribution is 2.30. The highest BCUT2D eigenvalue weighted by atomic mass is 35.5. The first-order chi connectivity index (χ1) is 14.5. The van der Waals surface area contributed by atoms with E-state index in [1.54, 1.807) is 25.3 Å². The van der Waals surface area contributed by atoms with Crippen molar-refractivity contribution in [1.82, 2.24) is 0 Å². The molecule has 0 atom stereocenters. The largest absolute Gasteiger partial charge is 0.493 e. The van der Waals surface area contributed by atoms with E-state index in [1.807, 2.05) is 36.4 Å². The minimum Gasteiger partial charge on any atom is -0.493 e. The van der Waals surface area contributed by atoms with E-state index in [0.717, 1.165) is 16.9 Å². The Morgan fingerprint density at radius 1 is 1.03 bits per heavy atom. The molecule has 0 saturated heterocycles. The Bertz CT molecular complexity index is 1010. The van der Waals surface area contributed by atoms with Crippen LogP contribution in [-0.2, 0) is 17.9 Å². The van der Waals surface area contributed by atoms with Gasteiger partial charge >= 0.3 is 0 Å². The highest BCUT2D eigenvalue weighted by molar-refractivity contribution is 6.31. The molecule has 30 heavy (non-hydrogen) atoms. The zero-order valence-corrected chi connectivity index (χ0v) is 17.4. The van der Waals surface area contributed by atoms with E-state index in [9.17, 15) is 9.18 Å². The zero-order valence-electron chi connectivity index (χ0n) is 16.7. The van der Waals surface area contributed by atoms with E-state index in [4.69, 9.17) is 21.1 Å². The maximum absolute atomic E-state index is 13.9. The number of carbonyl (C=O) groups excluding carboxylic acids is 1. The summed E-state index contributed by atoms with van der Waals surface area (Å²) in [6, 6.07) is 17.5. The van der Waals surface area contributed by atoms with Crippen LogP contribution >= 0.6 is 11.6 Å². The number of anilines is 2. The summed E-state index contributed by atoms with van der Waals surface area (Å²) in [6.45, 7) is 2.03. The number of methoxy groups -OCH3 is 1. The van der Waals surface area contributed by atoms with Crippen molar-refractivity contribution in [3.05, 3.63) is 82.6 Å². The molecule has 1 amide bonds. The van der Waals surface area contributed by atoms with Crippen molar-refractivity contribution in [2.24, 2.45) is 0 Å². The fourth-order valence-electron chi connectivity index (χ4n) is 2.84. The molecule has 7 heteroatoms. The summed E-state index contributed by atoms with van der Waals surface area (Å²) in [4.78, 5) is 11.1. The van der Waals surface area contributed by atoms with Gasteiger partial charge in [0.05, 0.1) is 12.1 Å². The predicted octanol–water partition coefficient (Wildman–Crippen LogP) is 5.64. The fraction of sp³-hybridized carbons (Fsp3) is 0.174. The van der Waals surface area contributed by atoms with Crippen molar-refractivity contribution in [1.29, 1.82) is 0 Å². The second-order valence-electron chi connectivity index (χ2n) is 6.59. The van der Waals surface area contributed by atoms with Crippen LogP contribution in [-0.4, -0.2) is 13.0 Å². The lowest BCUT2D eigenvalue weighted by atomic mass is 10.2. The number of hydrogen-bond donors (Lipinski definition) is 2. The molecule has 0 aromatic heterocycles. The zero-order chi connectivity index (χ0) is 21.5. The smallest absolute Gasteiger partial charge is 0.221 e. The minimum atomic E-state index is -0.410. The van der Waals surface area contributed by atoms with Gasteiger partial charge in [-0.25, -0.2) is 4.39 Å². The average molecular weight is 429 g/mol. The summed E-state index contributed by atoms with van der Waals surface area (Å²) < 4.78 is 25.1. The second kappa shape index (κ2) is 9.98. The van der Waals surface area contributed by atoms with Crippen LogP contribution in [0.3, 0.4) is 0 Å². The second-order valence-corrected chi connectivity index (χ2v) is 6.99. The Morgan fingerprint density at radius 3 is 2.43 bits per heavy atom. The maximum atomic E-state index is 13.9. The minimum absolute atomic E-state index is 0.000109. The van der Waals surface area contributed by atoms with E-state index < -0.39 is 5.82 Å². The normalized spacial score (nSPS) is 10.4. The van der Waals surface area contributed by atoms with E-state index in [2.05, 4.69) is 10.6 Å². The van der Waals surface area contributed by atoms with E-state index in [0.29, 0.717) is 28.6 Å². The molecule has 3 aromatic carbocycles. The van der Waals surface area contributed by atoms with Crippen LogP contribution in [0.1, 0.15) is 18.1 Å². The van der Waals surface area contributed by atoms with Gasteiger partial charge in [-0.2, -0.15) is 0 Å². The van der Waals surface area contributed by atoms with Crippen LogP contribution in [0.2, 0.25) is 5.02 Å². The summed E-state index contributed by atoms with van der Waals surface area (Å²) in [5.74, 6) is 0.525. The molecule has 2 N–H and O–H groups in total. The molecule has 0 aliphatic heterocycles. The number of nitrogens with one attached hydrogen (secondary N) is 2. The molecule has 0 fully saturated rings. The van der Waals surface area contributed by atoms with Crippen LogP contribution in [0, 0.1) is 5.82 Å². The Morgan fingerprint density at radius 2 is 1.77 bits per heavy atom. The molecule has 0 bridgehead atoms. The van der Waals surface area contributed by atoms with E-state index >= 15 is 0 Å². The molecule has 3 aromatic rings. The number of ether oxygens (including phenoxy) is 2. The number of rotatable bonds is 8. The Kier molecular flexibility index (Phi) is 7.14. The van der Waals surface area contributed by atoms with E-state index in [1.165, 1.54) is 13.0 Å². The number of amides is 1. The molecule has 0 spiro atoms. The van der Waals surface area contributed by atoms with Gasteiger partial charge < -0.3 is 20.1 Å². The number of halogens is 2. The topological polar surface area (TPSA) is 59.6 Å². The number of carbonyl (C=O) groups is 1. The third-order valence-corrected chi connectivity index (χ3v) is 4.72. The van der Waals surface area contributed by atoms with Crippen LogP contribution in [0.25, 0.3) is 0 Å². The van der Waals surface area contributed by atoms with Crippen molar-refractivity contribution in [3.8, 4) is 11.5 Å². The quantitative estimate of drug-likeness (QED) is 0.487. The molecule has 5 nitrogen and oxygen atoms in total. The van der Waals surface area contributed by atoms with Crippen molar-refractivity contribution < 1.29 is 18.7 Å². The first-order valence-electron chi connectivity index (χ1n) is 9.30. The Hall–Kier alpha value is -3.25. The molecule has 0 saturated carbocycles. The Labute approximate surface area is 179 Å². The van der Waals surface area contributed by atoms with Gasteiger partial charge in [0.25, 0.3) is 0 Å². The first kappa shape index (κ1) is 21.5.